The highest BCUT2D eigenvalue weighted by atomic mass is 35.5. The molecule has 0 spiro atoms. The molecule has 44 heavy (non-hydrogen) atoms. The zero-order chi connectivity index (χ0) is 31.6. The predicted molar refractivity (Wildman–Crippen MR) is 160 cm³/mol. The Labute approximate surface area is 259 Å². The number of tetrazole rings is 1. The number of esters is 2. The summed E-state index contributed by atoms with van der Waals surface area (Å²) in [4.78, 5) is 41.7. The van der Waals surface area contributed by atoms with Crippen LogP contribution >= 0.6 is 11.6 Å². The smallest absolute Gasteiger partial charge is 0.363 e. The molecule has 0 bridgehead atoms. The number of rotatable bonds is 15. The Bertz CT molecular complexity index is 1570. The quantitative estimate of drug-likeness (QED) is 0.144. The number of nitrogens with one attached hydrogen (secondary N) is 1. The van der Waals surface area contributed by atoms with E-state index in [-0.39, 0.29) is 18.2 Å². The molecule has 0 aliphatic heterocycles. The van der Waals surface area contributed by atoms with Crippen LogP contribution in [0.25, 0.3) is 22.5 Å². The van der Waals surface area contributed by atoms with Crippen molar-refractivity contribution in [3.63, 3.8) is 0 Å². The van der Waals surface area contributed by atoms with E-state index < -0.39 is 30.6 Å². The van der Waals surface area contributed by atoms with E-state index >= 15 is 0 Å². The zero-order valence-electron chi connectivity index (χ0n) is 24.7. The van der Waals surface area contributed by atoms with Crippen LogP contribution in [0.4, 0.5) is 0 Å². The molecule has 13 nitrogen and oxygen atoms in total. The van der Waals surface area contributed by atoms with Crippen molar-refractivity contribution in [3.05, 3.63) is 70.8 Å². The highest BCUT2D eigenvalue weighted by Crippen LogP contribution is 2.30. The van der Waals surface area contributed by atoms with Crippen molar-refractivity contribution in [3.8, 4) is 22.5 Å². The SMILES string of the molecule is CCCCc1nc(Cl)c(COC(=O)[C@@H](OC(=O)CCC(=O)O)N(C)C)n1Cc1ccc(-c2ccccc2-c2nn[nH]n2)cc1. The number of H-pyrrole nitrogens is 1. The van der Waals surface area contributed by atoms with Crippen LogP contribution in [-0.4, -0.2) is 78.4 Å². The normalized spacial score (nSPS) is 11.8. The summed E-state index contributed by atoms with van der Waals surface area (Å²) in [7, 11) is 3.08. The van der Waals surface area contributed by atoms with E-state index in [1.807, 2.05) is 53.1 Å². The lowest BCUT2D eigenvalue weighted by Gasteiger charge is -2.22. The number of hydrogen-bond acceptors (Lipinski definition) is 10. The topological polar surface area (TPSA) is 165 Å². The van der Waals surface area contributed by atoms with Gasteiger partial charge in [-0.15, -0.1) is 10.2 Å². The van der Waals surface area contributed by atoms with Crippen LogP contribution in [0.3, 0.4) is 0 Å². The number of carbonyl (C=O) groups excluding carboxylic acids is 2. The first-order valence-corrected chi connectivity index (χ1v) is 14.5. The van der Waals surface area contributed by atoms with Gasteiger partial charge in [0.1, 0.15) is 12.4 Å². The maximum absolute atomic E-state index is 12.9. The van der Waals surface area contributed by atoms with Gasteiger partial charge in [0.2, 0.25) is 5.82 Å². The highest BCUT2D eigenvalue weighted by molar-refractivity contribution is 6.30. The molecule has 1 atom stereocenters. The number of unbranched alkanes of at least 4 members (excludes halogenated alkanes) is 1. The Morgan fingerprint density at radius 3 is 2.43 bits per heavy atom. The molecule has 0 radical (unpaired) electrons. The highest BCUT2D eigenvalue weighted by Gasteiger charge is 2.28. The maximum atomic E-state index is 12.9. The van der Waals surface area contributed by atoms with Gasteiger partial charge in [0.15, 0.2) is 5.15 Å². The number of aromatic nitrogens is 6. The van der Waals surface area contributed by atoms with Gasteiger partial charge in [-0.2, -0.15) is 5.21 Å². The third-order valence-corrected chi connectivity index (χ3v) is 7.09. The van der Waals surface area contributed by atoms with E-state index in [1.165, 1.54) is 4.90 Å². The lowest BCUT2D eigenvalue weighted by Crippen LogP contribution is -2.41. The molecule has 2 aromatic carbocycles. The minimum absolute atomic E-state index is 0.204. The number of nitrogens with zero attached hydrogens (tertiary/aromatic N) is 6. The molecule has 0 amide bonds. The minimum atomic E-state index is -1.35. The minimum Gasteiger partial charge on any atom is -0.481 e. The van der Waals surface area contributed by atoms with Gasteiger partial charge < -0.3 is 19.1 Å². The zero-order valence-corrected chi connectivity index (χ0v) is 25.5. The van der Waals surface area contributed by atoms with Crippen LogP contribution in [0.5, 0.6) is 0 Å². The second kappa shape index (κ2) is 15.2. The van der Waals surface area contributed by atoms with Crippen LogP contribution < -0.4 is 0 Å². The number of carboxylic acids is 1. The summed E-state index contributed by atoms with van der Waals surface area (Å²) in [6.07, 6.45) is 0.411. The van der Waals surface area contributed by atoms with Gasteiger partial charge in [-0.3, -0.25) is 14.5 Å². The molecule has 2 aromatic heterocycles. The maximum Gasteiger partial charge on any atom is 0.363 e. The van der Waals surface area contributed by atoms with Gasteiger partial charge in [-0.05, 0) is 42.4 Å². The van der Waals surface area contributed by atoms with Crippen LogP contribution in [0, 0.1) is 0 Å². The van der Waals surface area contributed by atoms with Crippen molar-refractivity contribution in [1.29, 1.82) is 0 Å². The first-order chi connectivity index (χ1) is 21.2. The Kier molecular flexibility index (Phi) is 11.2. The molecule has 2 heterocycles. The number of ether oxygens (including phenoxy) is 2. The average molecular weight is 624 g/mol. The number of aliphatic carboxylic acids is 1. The van der Waals surface area contributed by atoms with Crippen molar-refractivity contribution in [2.75, 3.05) is 14.1 Å². The van der Waals surface area contributed by atoms with Gasteiger partial charge in [-0.1, -0.05) is 73.5 Å². The third-order valence-electron chi connectivity index (χ3n) is 6.78. The molecular formula is C30H34ClN7O6. The predicted octanol–water partition coefficient (Wildman–Crippen LogP) is 4.11. The van der Waals surface area contributed by atoms with Crippen molar-refractivity contribution >= 4 is 29.5 Å². The molecule has 232 valence electrons. The summed E-state index contributed by atoms with van der Waals surface area (Å²) in [5, 5.41) is 23.4. The number of carboxylic acid groups (broad SMARTS) is 1. The van der Waals surface area contributed by atoms with E-state index in [1.54, 1.807) is 14.1 Å². The number of hydrogen-bond donors (Lipinski definition) is 2. The molecule has 4 rings (SSSR count). The van der Waals surface area contributed by atoms with Crippen molar-refractivity contribution < 1.29 is 29.0 Å². The molecule has 14 heteroatoms. The molecule has 0 saturated carbocycles. The van der Waals surface area contributed by atoms with Crippen LogP contribution in [0.2, 0.25) is 5.15 Å². The lowest BCUT2D eigenvalue weighted by atomic mass is 9.98. The molecule has 4 aromatic rings. The molecule has 0 aliphatic rings. The molecule has 0 saturated heterocycles. The van der Waals surface area contributed by atoms with Crippen molar-refractivity contribution in [1.82, 2.24) is 35.1 Å². The summed E-state index contributed by atoms with van der Waals surface area (Å²) >= 11 is 6.55. The number of aryl methyl sites for hydroxylation is 1. The van der Waals surface area contributed by atoms with Gasteiger partial charge >= 0.3 is 17.9 Å². The Balaban J connectivity index is 1.53. The number of aromatic amines is 1. The van der Waals surface area contributed by atoms with Gasteiger partial charge in [0, 0.05) is 18.5 Å². The largest absolute Gasteiger partial charge is 0.481 e. The monoisotopic (exact) mass is 623 g/mol. The fourth-order valence-electron chi connectivity index (χ4n) is 4.50. The van der Waals surface area contributed by atoms with Crippen molar-refractivity contribution in [2.24, 2.45) is 0 Å². The Morgan fingerprint density at radius 1 is 1.07 bits per heavy atom. The van der Waals surface area contributed by atoms with E-state index in [2.05, 4.69) is 32.5 Å². The van der Waals surface area contributed by atoms with E-state index in [0.717, 1.165) is 40.9 Å². The standard InChI is InChI=1S/C30H34ClN7O6/c1-4-5-10-24-32-27(31)23(18-43-30(42)29(37(2)3)44-26(41)16-15-25(39)40)38(24)17-19-11-13-20(14-12-19)21-8-6-7-9-22(21)28-33-35-36-34-28/h6-9,11-14,29H,4-5,10,15-18H2,1-3H3,(H,39,40)(H,33,34,35,36)/t29-/m1/s1. The van der Waals surface area contributed by atoms with E-state index in [0.29, 0.717) is 24.5 Å². The summed E-state index contributed by atoms with van der Waals surface area (Å²) in [6, 6.07) is 15.8. The van der Waals surface area contributed by atoms with Gasteiger partial charge in [0.05, 0.1) is 18.5 Å². The second-order valence-electron chi connectivity index (χ2n) is 10.2. The number of carbonyl (C=O) groups is 3. The van der Waals surface area contributed by atoms with Crippen LogP contribution in [0.1, 0.15) is 49.7 Å². The number of imidazole rings is 1. The molecule has 0 fully saturated rings. The van der Waals surface area contributed by atoms with Crippen molar-refractivity contribution in [2.45, 2.75) is 58.4 Å². The molecular weight excluding hydrogens is 590 g/mol. The fraction of sp³-hybridized carbons (Fsp3) is 0.367. The van der Waals surface area contributed by atoms with Gasteiger partial charge in [0.25, 0.3) is 6.23 Å². The average Bonchev–Trinajstić information content (AvgIpc) is 3.65. The summed E-state index contributed by atoms with van der Waals surface area (Å²) in [6.45, 7) is 2.31. The summed E-state index contributed by atoms with van der Waals surface area (Å²) in [5.41, 5.74) is 4.27. The van der Waals surface area contributed by atoms with Crippen LogP contribution in [-0.2, 0) is 43.4 Å². The first-order valence-electron chi connectivity index (χ1n) is 14.1. The first kappa shape index (κ1) is 32.3. The number of halogens is 1. The summed E-state index contributed by atoms with van der Waals surface area (Å²) < 4.78 is 12.7. The fourth-order valence-corrected chi connectivity index (χ4v) is 4.75. The van der Waals surface area contributed by atoms with E-state index in [9.17, 15) is 14.4 Å². The number of benzene rings is 2. The lowest BCUT2D eigenvalue weighted by molar-refractivity contribution is -0.180. The van der Waals surface area contributed by atoms with Crippen LogP contribution in [0.15, 0.2) is 48.5 Å². The Morgan fingerprint density at radius 2 is 1.80 bits per heavy atom. The molecule has 0 aliphatic carbocycles. The molecule has 2 N–H and O–H groups in total. The van der Waals surface area contributed by atoms with E-state index in [4.69, 9.17) is 26.2 Å². The molecule has 0 unspecified atom stereocenters. The Hall–Kier alpha value is -4.62. The van der Waals surface area contributed by atoms with Gasteiger partial charge in [-0.25, -0.2) is 9.78 Å². The third kappa shape index (κ3) is 8.26. The second-order valence-corrected chi connectivity index (χ2v) is 10.6. The summed E-state index contributed by atoms with van der Waals surface area (Å²) in [5.74, 6) is -1.52. The number of likely N-dealkylation sites (N-methyl/N-ethyl adjacent to an activating group) is 1.